The predicted octanol–water partition coefficient (Wildman–Crippen LogP) is 3.35. The van der Waals surface area contributed by atoms with Gasteiger partial charge in [-0.3, -0.25) is 4.79 Å². The molecule has 0 fully saturated rings. The summed E-state index contributed by atoms with van der Waals surface area (Å²) in [5.74, 6) is -0.279. The molecule has 0 aliphatic heterocycles. The van der Waals surface area contributed by atoms with Crippen LogP contribution in [0.4, 0.5) is 0 Å². The summed E-state index contributed by atoms with van der Waals surface area (Å²) >= 11 is 11.4. The molecule has 1 atom stereocenters. The number of benzene rings is 1. The van der Waals surface area contributed by atoms with Gasteiger partial charge >= 0.3 is 10.1 Å². The van der Waals surface area contributed by atoms with E-state index in [-0.39, 0.29) is 30.0 Å². The van der Waals surface area contributed by atoms with Gasteiger partial charge in [-0.05, 0) is 38.0 Å². The Hall–Kier alpha value is -0.980. The van der Waals surface area contributed by atoms with E-state index < -0.39 is 15.0 Å². The van der Waals surface area contributed by atoms with Crippen LogP contribution < -0.4 is 4.18 Å². The highest BCUT2D eigenvalue weighted by molar-refractivity contribution is 7.87. The number of nitrogens with zero attached hydrogens (tertiary/aromatic N) is 1. The van der Waals surface area contributed by atoms with E-state index >= 15 is 0 Å². The largest absolute Gasteiger partial charge is 0.382 e. The molecule has 0 heterocycles. The van der Waals surface area contributed by atoms with Crippen LogP contribution in [-0.2, 0) is 21.5 Å². The van der Waals surface area contributed by atoms with Crippen LogP contribution in [-0.4, -0.2) is 35.9 Å². The topological polar surface area (TPSA) is 63.7 Å². The first kappa shape index (κ1) is 20.1. The molecule has 1 aromatic carbocycles. The monoisotopic (exact) mass is 381 g/mol. The molecule has 0 saturated carbocycles. The molecule has 130 valence electrons. The van der Waals surface area contributed by atoms with Crippen molar-refractivity contribution in [2.45, 2.75) is 44.6 Å². The van der Waals surface area contributed by atoms with Crippen LogP contribution in [0, 0.1) is 0 Å². The molecule has 1 amide bonds. The summed E-state index contributed by atoms with van der Waals surface area (Å²) in [6, 6.07) is 6.55. The molecule has 0 saturated heterocycles. The van der Waals surface area contributed by atoms with Crippen LogP contribution in [0.1, 0.15) is 32.8 Å². The third-order valence-electron chi connectivity index (χ3n) is 3.42. The molecular formula is C15H21Cl2NO4S. The Bertz CT molecular complexity index is 634. The van der Waals surface area contributed by atoms with Crippen molar-refractivity contribution >= 4 is 39.2 Å². The SMILES string of the molecule is CC[C@@H](C)N(Cc1cccc(OS(=O)(=O)CC)c1)C(=O)C(Cl)Cl. The van der Waals surface area contributed by atoms with Crippen molar-refractivity contribution < 1.29 is 17.4 Å². The molecule has 0 N–H and O–H groups in total. The highest BCUT2D eigenvalue weighted by Gasteiger charge is 2.24. The van der Waals surface area contributed by atoms with Gasteiger partial charge in [0.2, 0.25) is 0 Å². The van der Waals surface area contributed by atoms with Gasteiger partial charge in [-0.25, -0.2) is 0 Å². The molecular weight excluding hydrogens is 361 g/mol. The summed E-state index contributed by atoms with van der Waals surface area (Å²) in [5.41, 5.74) is 0.733. The average molecular weight is 382 g/mol. The number of hydrogen-bond acceptors (Lipinski definition) is 4. The summed E-state index contributed by atoms with van der Waals surface area (Å²) in [6.07, 6.45) is 0.743. The molecule has 0 aromatic heterocycles. The first-order valence-electron chi connectivity index (χ1n) is 7.29. The van der Waals surface area contributed by atoms with Gasteiger partial charge in [0.1, 0.15) is 5.75 Å². The van der Waals surface area contributed by atoms with E-state index in [0.717, 1.165) is 12.0 Å². The second kappa shape index (κ2) is 8.76. The first-order chi connectivity index (χ1) is 10.7. The van der Waals surface area contributed by atoms with Crippen molar-refractivity contribution in [1.82, 2.24) is 4.90 Å². The van der Waals surface area contributed by atoms with E-state index in [1.165, 1.54) is 6.92 Å². The molecule has 1 rings (SSSR count). The van der Waals surface area contributed by atoms with E-state index in [1.54, 1.807) is 29.2 Å². The van der Waals surface area contributed by atoms with Gasteiger partial charge in [-0.15, -0.1) is 0 Å². The summed E-state index contributed by atoms with van der Waals surface area (Å²) in [4.78, 5) is 12.6. The molecule has 0 radical (unpaired) electrons. The lowest BCUT2D eigenvalue weighted by Crippen LogP contribution is -2.40. The standard InChI is InChI=1S/C15H21Cl2NO4S/c1-4-11(3)18(15(19)14(16)17)10-12-7-6-8-13(9-12)22-23(20,21)5-2/h6-9,11,14H,4-5,10H2,1-3H3/t11-/m1/s1. The van der Waals surface area contributed by atoms with Crippen molar-refractivity contribution in [3.63, 3.8) is 0 Å². The Morgan fingerprint density at radius 1 is 1.30 bits per heavy atom. The van der Waals surface area contributed by atoms with Crippen molar-refractivity contribution in [1.29, 1.82) is 0 Å². The number of alkyl halides is 2. The maximum Gasteiger partial charge on any atom is 0.308 e. The Balaban J connectivity index is 2.99. The lowest BCUT2D eigenvalue weighted by Gasteiger charge is -2.29. The van der Waals surface area contributed by atoms with Gasteiger partial charge in [-0.2, -0.15) is 8.42 Å². The van der Waals surface area contributed by atoms with Crippen LogP contribution in [0.25, 0.3) is 0 Å². The minimum atomic E-state index is -3.59. The maximum absolute atomic E-state index is 12.1. The molecule has 0 aliphatic carbocycles. The lowest BCUT2D eigenvalue weighted by molar-refractivity contribution is -0.132. The molecule has 1 aromatic rings. The molecule has 0 bridgehead atoms. The Kier molecular flexibility index (Phi) is 7.64. The van der Waals surface area contributed by atoms with Gasteiger partial charge in [0.05, 0.1) is 5.75 Å². The number of amides is 1. The third-order valence-corrected chi connectivity index (χ3v) is 4.95. The second-order valence-electron chi connectivity index (χ2n) is 5.10. The van der Waals surface area contributed by atoms with E-state index in [9.17, 15) is 13.2 Å². The lowest BCUT2D eigenvalue weighted by atomic mass is 10.1. The Labute approximate surface area is 147 Å². The van der Waals surface area contributed by atoms with E-state index in [2.05, 4.69) is 0 Å². The Morgan fingerprint density at radius 3 is 2.48 bits per heavy atom. The fourth-order valence-electron chi connectivity index (χ4n) is 1.89. The van der Waals surface area contributed by atoms with Crippen LogP contribution >= 0.6 is 23.2 Å². The van der Waals surface area contributed by atoms with Gasteiger partial charge in [0.25, 0.3) is 5.91 Å². The van der Waals surface area contributed by atoms with Crippen LogP contribution in [0.2, 0.25) is 0 Å². The highest BCUT2D eigenvalue weighted by atomic mass is 35.5. The first-order valence-corrected chi connectivity index (χ1v) is 9.75. The van der Waals surface area contributed by atoms with E-state index in [1.807, 2.05) is 13.8 Å². The zero-order valence-corrected chi connectivity index (χ0v) is 15.7. The fraction of sp³-hybridized carbons (Fsp3) is 0.533. The van der Waals surface area contributed by atoms with Gasteiger partial charge in [0.15, 0.2) is 4.84 Å². The third kappa shape index (κ3) is 6.20. The van der Waals surface area contributed by atoms with Crippen molar-refractivity contribution in [2.24, 2.45) is 0 Å². The fourth-order valence-corrected chi connectivity index (χ4v) is 2.66. The summed E-state index contributed by atoms with van der Waals surface area (Å²) in [6.45, 7) is 5.63. The zero-order chi connectivity index (χ0) is 17.6. The van der Waals surface area contributed by atoms with Gasteiger partial charge in [0, 0.05) is 12.6 Å². The van der Waals surface area contributed by atoms with Crippen LogP contribution in [0.3, 0.4) is 0 Å². The van der Waals surface area contributed by atoms with E-state index in [4.69, 9.17) is 27.4 Å². The van der Waals surface area contributed by atoms with Gasteiger partial charge < -0.3 is 9.08 Å². The average Bonchev–Trinajstić information content (AvgIpc) is 2.51. The second-order valence-corrected chi connectivity index (χ2v) is 8.06. The molecule has 0 aliphatic rings. The van der Waals surface area contributed by atoms with Crippen molar-refractivity contribution in [3.8, 4) is 5.75 Å². The highest BCUT2D eigenvalue weighted by Crippen LogP contribution is 2.20. The van der Waals surface area contributed by atoms with Gasteiger partial charge in [-0.1, -0.05) is 42.3 Å². The number of hydrogen-bond donors (Lipinski definition) is 0. The van der Waals surface area contributed by atoms with Crippen molar-refractivity contribution in [3.05, 3.63) is 29.8 Å². The van der Waals surface area contributed by atoms with Crippen LogP contribution in [0.15, 0.2) is 24.3 Å². The number of carbonyl (C=O) groups is 1. The van der Waals surface area contributed by atoms with Crippen molar-refractivity contribution in [2.75, 3.05) is 5.75 Å². The quantitative estimate of drug-likeness (QED) is 0.511. The molecule has 0 spiro atoms. The summed E-state index contributed by atoms with van der Waals surface area (Å²) < 4.78 is 28.0. The number of carbonyl (C=O) groups excluding carboxylic acids is 1. The summed E-state index contributed by atoms with van der Waals surface area (Å²) in [7, 11) is -3.59. The minimum absolute atomic E-state index is 0.0496. The predicted molar refractivity (Wildman–Crippen MR) is 92.3 cm³/mol. The smallest absolute Gasteiger partial charge is 0.308 e. The van der Waals surface area contributed by atoms with E-state index in [0.29, 0.717) is 0 Å². The molecule has 5 nitrogen and oxygen atoms in total. The maximum atomic E-state index is 12.1. The minimum Gasteiger partial charge on any atom is -0.382 e. The van der Waals surface area contributed by atoms with Crippen LogP contribution in [0.5, 0.6) is 5.75 Å². The molecule has 0 unspecified atom stereocenters. The number of halogens is 2. The zero-order valence-electron chi connectivity index (χ0n) is 13.3. The Morgan fingerprint density at radius 2 is 1.96 bits per heavy atom. The molecule has 8 heteroatoms. The normalized spacial score (nSPS) is 13.0. The molecule has 23 heavy (non-hydrogen) atoms. The summed E-state index contributed by atoms with van der Waals surface area (Å²) in [5, 5.41) is 0. The number of rotatable bonds is 8.